The second kappa shape index (κ2) is 7.17. The molecule has 3 aromatic heterocycles. The summed E-state index contributed by atoms with van der Waals surface area (Å²) in [6, 6.07) is 9.93. The van der Waals surface area contributed by atoms with E-state index in [2.05, 4.69) is 15.0 Å². The summed E-state index contributed by atoms with van der Waals surface area (Å²) >= 11 is 3.06. The van der Waals surface area contributed by atoms with Crippen molar-refractivity contribution >= 4 is 39.5 Å². The Bertz CT molecular complexity index is 1120. The minimum atomic E-state index is -0.0547. The van der Waals surface area contributed by atoms with Gasteiger partial charge in [-0.1, -0.05) is 18.2 Å². The van der Waals surface area contributed by atoms with Crippen molar-refractivity contribution in [2.24, 2.45) is 0 Å². The number of rotatable bonds is 4. The lowest BCUT2D eigenvalue weighted by Crippen LogP contribution is -2.27. The molecule has 0 saturated carbocycles. The Morgan fingerprint density at radius 3 is 2.67 bits per heavy atom. The van der Waals surface area contributed by atoms with Gasteiger partial charge in [0.15, 0.2) is 0 Å². The van der Waals surface area contributed by atoms with E-state index in [0.717, 1.165) is 32.9 Å². The molecular weight excluding hydrogens is 376 g/mol. The molecule has 0 radical (unpaired) electrons. The number of aryl methyl sites for hydroxylation is 2. The number of amides is 1. The van der Waals surface area contributed by atoms with Crippen LogP contribution in [0.3, 0.4) is 0 Å². The minimum Gasteiger partial charge on any atom is -0.333 e. The normalized spacial score (nSPS) is 11.1. The van der Waals surface area contributed by atoms with Crippen molar-refractivity contribution in [3.63, 3.8) is 0 Å². The number of fused-ring (bicyclic) bond motifs is 1. The highest BCUT2D eigenvalue weighted by atomic mass is 32.1. The van der Waals surface area contributed by atoms with Crippen LogP contribution >= 0.6 is 22.7 Å². The van der Waals surface area contributed by atoms with Crippen LogP contribution in [-0.4, -0.2) is 32.8 Å². The SMILES string of the molecule is Cc1nc(-c2ccsc2)sc1C(=O)N(C)Cc1nc(C)c2ccccc2n1. The quantitative estimate of drug-likeness (QED) is 0.503. The third-order valence-electron chi connectivity index (χ3n) is 4.32. The van der Waals surface area contributed by atoms with Crippen LogP contribution in [0.5, 0.6) is 0 Å². The van der Waals surface area contributed by atoms with E-state index in [9.17, 15) is 4.79 Å². The van der Waals surface area contributed by atoms with Gasteiger partial charge in [0.25, 0.3) is 5.91 Å². The van der Waals surface area contributed by atoms with Crippen molar-refractivity contribution in [1.29, 1.82) is 0 Å². The summed E-state index contributed by atoms with van der Waals surface area (Å²) < 4.78 is 0. The molecule has 0 N–H and O–H groups in total. The third-order valence-corrected chi connectivity index (χ3v) is 6.20. The fourth-order valence-corrected chi connectivity index (χ4v) is 4.70. The van der Waals surface area contributed by atoms with Gasteiger partial charge in [-0.3, -0.25) is 4.79 Å². The summed E-state index contributed by atoms with van der Waals surface area (Å²) in [5, 5.41) is 5.97. The zero-order valence-electron chi connectivity index (χ0n) is 15.3. The summed E-state index contributed by atoms with van der Waals surface area (Å²) in [7, 11) is 1.78. The number of benzene rings is 1. The molecule has 1 aromatic carbocycles. The second-order valence-electron chi connectivity index (χ2n) is 6.35. The molecule has 0 spiro atoms. The largest absolute Gasteiger partial charge is 0.333 e. The predicted molar refractivity (Wildman–Crippen MR) is 110 cm³/mol. The van der Waals surface area contributed by atoms with Crippen LogP contribution in [0, 0.1) is 13.8 Å². The topological polar surface area (TPSA) is 59.0 Å². The number of carbonyl (C=O) groups is 1. The number of thiazole rings is 1. The Morgan fingerprint density at radius 1 is 1.07 bits per heavy atom. The zero-order valence-corrected chi connectivity index (χ0v) is 16.9. The molecule has 4 rings (SSSR count). The molecule has 1 amide bonds. The Balaban J connectivity index is 1.58. The molecular formula is C20H18N4OS2. The van der Waals surface area contributed by atoms with E-state index in [1.165, 1.54) is 11.3 Å². The molecule has 4 aromatic rings. The van der Waals surface area contributed by atoms with Crippen molar-refractivity contribution < 1.29 is 4.79 Å². The van der Waals surface area contributed by atoms with Gasteiger partial charge in [0, 0.05) is 29.1 Å². The van der Waals surface area contributed by atoms with Crippen LogP contribution in [0.1, 0.15) is 26.9 Å². The molecule has 0 aliphatic rings. The van der Waals surface area contributed by atoms with Crippen LogP contribution in [0.4, 0.5) is 0 Å². The van der Waals surface area contributed by atoms with E-state index in [1.807, 2.05) is 54.9 Å². The van der Waals surface area contributed by atoms with Gasteiger partial charge in [-0.05, 0) is 31.4 Å². The van der Waals surface area contributed by atoms with E-state index in [-0.39, 0.29) is 5.91 Å². The van der Waals surface area contributed by atoms with Crippen molar-refractivity contribution in [3.05, 3.63) is 63.2 Å². The second-order valence-corrected chi connectivity index (χ2v) is 8.13. The van der Waals surface area contributed by atoms with Crippen LogP contribution in [0.25, 0.3) is 21.5 Å². The average Bonchev–Trinajstić information content (AvgIpc) is 3.30. The molecule has 0 saturated heterocycles. The maximum absolute atomic E-state index is 12.9. The first-order chi connectivity index (χ1) is 13.0. The summed E-state index contributed by atoms with van der Waals surface area (Å²) in [5.74, 6) is 0.586. The molecule has 0 bridgehead atoms. The van der Waals surface area contributed by atoms with Crippen molar-refractivity contribution in [3.8, 4) is 10.6 Å². The third kappa shape index (κ3) is 3.48. The van der Waals surface area contributed by atoms with E-state index in [4.69, 9.17) is 0 Å². The fraction of sp³-hybridized carbons (Fsp3) is 0.200. The number of nitrogens with zero attached hydrogens (tertiary/aromatic N) is 4. The molecule has 0 fully saturated rings. The lowest BCUT2D eigenvalue weighted by atomic mass is 10.2. The fourth-order valence-electron chi connectivity index (χ4n) is 2.93. The summed E-state index contributed by atoms with van der Waals surface area (Å²) in [5.41, 5.74) is 3.64. The number of para-hydroxylation sites is 1. The minimum absolute atomic E-state index is 0.0547. The molecule has 0 aliphatic carbocycles. The van der Waals surface area contributed by atoms with Crippen LogP contribution in [0.15, 0.2) is 41.1 Å². The summed E-state index contributed by atoms with van der Waals surface area (Å²) in [6.07, 6.45) is 0. The highest BCUT2D eigenvalue weighted by molar-refractivity contribution is 7.17. The molecule has 5 nitrogen and oxygen atoms in total. The molecule has 0 unspecified atom stereocenters. The van der Waals surface area contributed by atoms with E-state index in [0.29, 0.717) is 17.2 Å². The molecule has 3 heterocycles. The molecule has 0 atom stereocenters. The monoisotopic (exact) mass is 394 g/mol. The van der Waals surface area contributed by atoms with Gasteiger partial charge in [-0.15, -0.1) is 11.3 Å². The first-order valence-electron chi connectivity index (χ1n) is 8.50. The number of thiophene rings is 1. The molecule has 136 valence electrons. The number of hydrogen-bond donors (Lipinski definition) is 0. The van der Waals surface area contributed by atoms with Gasteiger partial charge >= 0.3 is 0 Å². The maximum Gasteiger partial charge on any atom is 0.266 e. The summed E-state index contributed by atoms with van der Waals surface area (Å²) in [4.78, 5) is 29.0. The standard InChI is InChI=1S/C20H18N4OS2/c1-12-15-6-4-5-7-16(15)23-17(21-12)10-24(3)20(25)18-13(2)22-19(27-18)14-8-9-26-11-14/h4-9,11H,10H2,1-3H3. The summed E-state index contributed by atoms with van der Waals surface area (Å²) in [6.45, 7) is 4.20. The van der Waals surface area contributed by atoms with Gasteiger partial charge in [0.2, 0.25) is 0 Å². The highest BCUT2D eigenvalue weighted by Gasteiger charge is 2.21. The van der Waals surface area contributed by atoms with Gasteiger partial charge in [0.05, 0.1) is 17.8 Å². The molecule has 0 aliphatic heterocycles. The van der Waals surface area contributed by atoms with Crippen LogP contribution in [0.2, 0.25) is 0 Å². The van der Waals surface area contributed by atoms with Gasteiger partial charge < -0.3 is 4.90 Å². The molecule has 27 heavy (non-hydrogen) atoms. The zero-order chi connectivity index (χ0) is 19.0. The predicted octanol–water partition coefficient (Wildman–Crippen LogP) is 4.70. The van der Waals surface area contributed by atoms with Crippen molar-refractivity contribution in [2.45, 2.75) is 20.4 Å². The first-order valence-corrected chi connectivity index (χ1v) is 10.3. The smallest absolute Gasteiger partial charge is 0.266 e. The van der Waals surface area contributed by atoms with Crippen molar-refractivity contribution in [2.75, 3.05) is 7.05 Å². The van der Waals surface area contributed by atoms with Crippen LogP contribution < -0.4 is 0 Å². The van der Waals surface area contributed by atoms with Gasteiger partial charge in [0.1, 0.15) is 15.7 Å². The Hall–Kier alpha value is -2.64. The number of carbonyl (C=O) groups excluding carboxylic acids is 1. The Kier molecular flexibility index (Phi) is 4.72. The lowest BCUT2D eigenvalue weighted by Gasteiger charge is -2.16. The Morgan fingerprint density at radius 2 is 1.89 bits per heavy atom. The van der Waals surface area contributed by atoms with Crippen molar-refractivity contribution in [1.82, 2.24) is 19.9 Å². The lowest BCUT2D eigenvalue weighted by molar-refractivity contribution is 0.0785. The maximum atomic E-state index is 12.9. The van der Waals surface area contributed by atoms with E-state index >= 15 is 0 Å². The average molecular weight is 395 g/mol. The first kappa shape index (κ1) is 17.8. The van der Waals surface area contributed by atoms with Gasteiger partial charge in [-0.2, -0.15) is 11.3 Å². The van der Waals surface area contributed by atoms with E-state index < -0.39 is 0 Å². The number of aromatic nitrogens is 3. The van der Waals surface area contributed by atoms with E-state index in [1.54, 1.807) is 23.3 Å². The van der Waals surface area contributed by atoms with Gasteiger partial charge in [-0.25, -0.2) is 15.0 Å². The van der Waals surface area contributed by atoms with Crippen LogP contribution in [-0.2, 0) is 6.54 Å². The number of hydrogen-bond acceptors (Lipinski definition) is 6. The highest BCUT2D eigenvalue weighted by Crippen LogP contribution is 2.30. The molecule has 7 heteroatoms. The Labute approximate surface area is 165 Å².